The number of anilines is 1. The second-order valence-electron chi connectivity index (χ2n) is 8.85. The average molecular weight is 543 g/mol. The van der Waals surface area contributed by atoms with Gasteiger partial charge in [0.05, 0.1) is 46.8 Å². The van der Waals surface area contributed by atoms with Crippen LogP contribution in [0.4, 0.5) is 5.69 Å². The minimum absolute atomic E-state index is 0.317. The monoisotopic (exact) mass is 542 g/mol. The summed E-state index contributed by atoms with van der Waals surface area (Å²) in [6, 6.07) is 23.4. The van der Waals surface area contributed by atoms with Crippen LogP contribution >= 0.6 is 15.9 Å². The molecule has 6 rings (SSSR count). The van der Waals surface area contributed by atoms with E-state index in [1.165, 1.54) is 11.6 Å². The van der Waals surface area contributed by atoms with E-state index in [-0.39, 0.29) is 17.3 Å². The Balaban J connectivity index is 1.84. The predicted molar refractivity (Wildman–Crippen MR) is 145 cm³/mol. The van der Waals surface area contributed by atoms with E-state index in [9.17, 15) is 9.59 Å². The summed E-state index contributed by atoms with van der Waals surface area (Å²) >= 11 is 3.70. The maximum Gasteiger partial charge on any atom is 0.331 e. The van der Waals surface area contributed by atoms with Crippen LogP contribution in [-0.4, -0.2) is 20.8 Å². The fourth-order valence-corrected chi connectivity index (χ4v) is 5.64. The molecule has 0 bridgehead atoms. The van der Waals surface area contributed by atoms with E-state index in [0.717, 1.165) is 44.1 Å². The van der Waals surface area contributed by atoms with Crippen molar-refractivity contribution in [1.82, 2.24) is 13.7 Å². The molecule has 0 radical (unpaired) electrons. The largest absolute Gasteiger partial charge is 0.497 e. The zero-order valence-electron chi connectivity index (χ0n) is 19.9. The molecule has 1 atom stereocenters. The summed E-state index contributed by atoms with van der Waals surface area (Å²) in [6.07, 6.45) is 0. The number of nitrogens with zero attached hydrogens (tertiary/aromatic N) is 3. The number of fused-ring (bicyclic) bond motifs is 5. The van der Waals surface area contributed by atoms with Gasteiger partial charge in [-0.3, -0.25) is 13.9 Å². The molecule has 3 heterocycles. The molecular formula is C28H23BrN4O3. The number of para-hydroxylation sites is 2. The number of nitrogens with one attached hydrogen (secondary N) is 1. The lowest BCUT2D eigenvalue weighted by atomic mass is 9.99. The summed E-state index contributed by atoms with van der Waals surface area (Å²) in [4.78, 5) is 26.9. The number of aryl methyl sites for hydroxylation is 1. The summed E-state index contributed by atoms with van der Waals surface area (Å²) < 4.78 is 11.1. The van der Waals surface area contributed by atoms with Crippen LogP contribution in [0.15, 0.2) is 86.9 Å². The predicted octanol–water partition coefficient (Wildman–Crippen LogP) is 4.98. The van der Waals surface area contributed by atoms with Crippen molar-refractivity contribution in [2.45, 2.75) is 6.04 Å². The van der Waals surface area contributed by atoms with Gasteiger partial charge in [0.15, 0.2) is 0 Å². The first-order valence-corrected chi connectivity index (χ1v) is 12.3. The fraction of sp³-hybridized carbons (Fsp3) is 0.143. The van der Waals surface area contributed by atoms with Crippen molar-refractivity contribution < 1.29 is 4.74 Å². The van der Waals surface area contributed by atoms with Crippen LogP contribution in [0.3, 0.4) is 0 Å². The van der Waals surface area contributed by atoms with Gasteiger partial charge in [-0.2, -0.15) is 0 Å². The second-order valence-corrected chi connectivity index (χ2v) is 9.70. The molecule has 1 N–H and O–H groups in total. The molecule has 36 heavy (non-hydrogen) atoms. The fourth-order valence-electron chi connectivity index (χ4n) is 5.17. The molecule has 0 saturated carbocycles. The number of ether oxygens (including phenoxy) is 1. The van der Waals surface area contributed by atoms with Gasteiger partial charge in [-0.15, -0.1) is 0 Å². The summed E-state index contributed by atoms with van der Waals surface area (Å²) in [5, 5.41) is 4.16. The van der Waals surface area contributed by atoms with Crippen LogP contribution in [0.25, 0.3) is 27.8 Å². The number of hydrogen-bond donors (Lipinski definition) is 1. The number of benzene rings is 3. The van der Waals surface area contributed by atoms with Gasteiger partial charge in [0.1, 0.15) is 5.75 Å². The standard InChI is InChI=1S/C28H23BrN4O3/c1-31-25-22(27(34)32(2)28(31)35)24(18-8-4-5-9-19(18)29)33-21-11-7-6-10-20(21)30-23(26(25)33)16-12-14-17(36-3)15-13-16/h4-15,23,30H,1-3H3. The van der Waals surface area contributed by atoms with E-state index in [1.54, 1.807) is 18.7 Å². The van der Waals surface area contributed by atoms with Crippen LogP contribution in [-0.2, 0) is 14.1 Å². The Kier molecular flexibility index (Phi) is 5.15. The Bertz CT molecular complexity index is 1780. The maximum absolute atomic E-state index is 13.7. The third kappa shape index (κ3) is 3.10. The summed E-state index contributed by atoms with van der Waals surface area (Å²) in [7, 11) is 4.89. The lowest BCUT2D eigenvalue weighted by Crippen LogP contribution is -2.37. The SMILES string of the molecule is COc1ccc(C2Nc3ccccc3-n3c(-c4ccccc4Br)c4c(=O)n(C)c(=O)n(C)c4c32)cc1. The first-order chi connectivity index (χ1) is 17.4. The quantitative estimate of drug-likeness (QED) is 0.349. The topological polar surface area (TPSA) is 70.2 Å². The Labute approximate surface area is 215 Å². The molecule has 2 aromatic heterocycles. The van der Waals surface area contributed by atoms with Crippen LogP contribution in [0.2, 0.25) is 0 Å². The number of hydrogen-bond acceptors (Lipinski definition) is 4. The third-order valence-corrected chi connectivity index (χ3v) is 7.60. The molecule has 0 spiro atoms. The van der Waals surface area contributed by atoms with E-state index in [1.807, 2.05) is 72.8 Å². The highest BCUT2D eigenvalue weighted by molar-refractivity contribution is 9.10. The van der Waals surface area contributed by atoms with Crippen LogP contribution < -0.4 is 21.3 Å². The molecule has 3 aromatic carbocycles. The lowest BCUT2D eigenvalue weighted by molar-refractivity contribution is 0.414. The zero-order valence-corrected chi connectivity index (χ0v) is 21.5. The van der Waals surface area contributed by atoms with E-state index in [2.05, 4.69) is 25.8 Å². The van der Waals surface area contributed by atoms with Crippen molar-refractivity contribution in [3.05, 3.63) is 109 Å². The van der Waals surface area contributed by atoms with E-state index >= 15 is 0 Å². The maximum atomic E-state index is 13.7. The van der Waals surface area contributed by atoms with Gasteiger partial charge in [0.25, 0.3) is 5.56 Å². The molecule has 1 unspecified atom stereocenters. The van der Waals surface area contributed by atoms with Crippen molar-refractivity contribution in [3.8, 4) is 22.7 Å². The van der Waals surface area contributed by atoms with Crippen LogP contribution in [0.1, 0.15) is 17.3 Å². The Hall–Kier alpha value is -4.04. The minimum atomic E-state index is -0.369. The molecule has 7 nitrogen and oxygen atoms in total. The van der Waals surface area contributed by atoms with Crippen molar-refractivity contribution >= 4 is 32.5 Å². The number of methoxy groups -OCH3 is 1. The van der Waals surface area contributed by atoms with Crippen LogP contribution in [0, 0.1) is 0 Å². The minimum Gasteiger partial charge on any atom is -0.497 e. The summed E-state index contributed by atoms with van der Waals surface area (Å²) in [5.74, 6) is 0.755. The highest BCUT2D eigenvalue weighted by atomic mass is 79.9. The first-order valence-electron chi connectivity index (χ1n) is 11.5. The first kappa shape index (κ1) is 22.4. The van der Waals surface area contributed by atoms with Gasteiger partial charge in [-0.25, -0.2) is 4.79 Å². The molecule has 8 heteroatoms. The molecule has 1 aliphatic rings. The van der Waals surface area contributed by atoms with E-state index < -0.39 is 0 Å². The van der Waals surface area contributed by atoms with Crippen molar-refractivity contribution in [1.29, 1.82) is 0 Å². The smallest absolute Gasteiger partial charge is 0.331 e. The lowest BCUT2D eigenvalue weighted by Gasteiger charge is -2.31. The van der Waals surface area contributed by atoms with Gasteiger partial charge in [0.2, 0.25) is 0 Å². The second kappa shape index (κ2) is 8.27. The van der Waals surface area contributed by atoms with Crippen molar-refractivity contribution in [2.24, 2.45) is 14.1 Å². The Morgan fingerprint density at radius 1 is 0.889 bits per heavy atom. The van der Waals surface area contributed by atoms with Gasteiger partial charge in [0, 0.05) is 24.1 Å². The number of halogens is 1. The number of aromatic nitrogens is 3. The van der Waals surface area contributed by atoms with Gasteiger partial charge in [-0.05, 0) is 35.9 Å². The highest BCUT2D eigenvalue weighted by Gasteiger charge is 2.35. The molecule has 1 aliphatic heterocycles. The van der Waals surface area contributed by atoms with Crippen molar-refractivity contribution in [2.75, 3.05) is 12.4 Å². The van der Waals surface area contributed by atoms with Gasteiger partial charge in [-0.1, -0.05) is 58.4 Å². The van der Waals surface area contributed by atoms with Crippen molar-refractivity contribution in [3.63, 3.8) is 0 Å². The van der Waals surface area contributed by atoms with Gasteiger partial charge >= 0.3 is 5.69 Å². The average Bonchev–Trinajstić information content (AvgIpc) is 3.27. The van der Waals surface area contributed by atoms with Gasteiger partial charge < -0.3 is 14.6 Å². The Morgan fingerprint density at radius 3 is 2.31 bits per heavy atom. The molecule has 5 aromatic rings. The molecular weight excluding hydrogens is 520 g/mol. The molecule has 0 saturated heterocycles. The normalized spacial score (nSPS) is 14.3. The highest BCUT2D eigenvalue weighted by Crippen LogP contribution is 2.46. The number of rotatable bonds is 3. The third-order valence-electron chi connectivity index (χ3n) is 6.90. The zero-order chi connectivity index (χ0) is 25.1. The van der Waals surface area contributed by atoms with E-state index in [4.69, 9.17) is 4.74 Å². The molecule has 0 aliphatic carbocycles. The summed E-state index contributed by atoms with van der Waals surface area (Å²) in [6.45, 7) is 0. The van der Waals surface area contributed by atoms with Crippen LogP contribution in [0.5, 0.6) is 5.75 Å². The molecule has 0 amide bonds. The molecule has 0 fully saturated rings. The molecule has 180 valence electrons. The summed E-state index contributed by atoms with van der Waals surface area (Å²) in [5.41, 5.74) is 5.19. The van der Waals surface area contributed by atoms with E-state index in [0.29, 0.717) is 10.9 Å². The Morgan fingerprint density at radius 2 is 1.58 bits per heavy atom.